The van der Waals surface area contributed by atoms with Gasteiger partial charge in [-0.3, -0.25) is 9.69 Å². The van der Waals surface area contributed by atoms with Crippen molar-refractivity contribution in [2.45, 2.75) is 38.8 Å². The highest BCUT2D eigenvalue weighted by Gasteiger charge is 2.28. The van der Waals surface area contributed by atoms with Crippen LogP contribution in [0, 0.1) is 6.92 Å². The Morgan fingerprint density at radius 1 is 1.44 bits per heavy atom. The molecule has 2 N–H and O–H groups in total. The fourth-order valence-corrected chi connectivity index (χ4v) is 2.52. The predicted molar refractivity (Wildman–Crippen MR) is 68.5 cm³/mol. The first kappa shape index (κ1) is 12.9. The lowest BCUT2D eigenvalue weighted by Crippen LogP contribution is -2.44. The minimum absolute atomic E-state index is 0.246. The van der Waals surface area contributed by atoms with Gasteiger partial charge >= 0.3 is 5.97 Å². The van der Waals surface area contributed by atoms with Gasteiger partial charge in [0.25, 0.3) is 0 Å². The molecule has 1 unspecified atom stereocenters. The van der Waals surface area contributed by atoms with Crippen LogP contribution in [-0.2, 0) is 11.3 Å². The van der Waals surface area contributed by atoms with Gasteiger partial charge in [-0.25, -0.2) is 0 Å². The molecule has 4 heteroatoms. The molecule has 1 aromatic rings. The first-order chi connectivity index (χ1) is 8.58. The molecule has 1 aromatic carbocycles. The second kappa shape index (κ2) is 5.40. The van der Waals surface area contributed by atoms with Gasteiger partial charge in [0.2, 0.25) is 0 Å². The minimum atomic E-state index is -0.762. The van der Waals surface area contributed by atoms with Gasteiger partial charge in [-0.2, -0.15) is 0 Å². The largest absolute Gasteiger partial charge is 0.508 e. The molecule has 1 fully saturated rings. The lowest BCUT2D eigenvalue weighted by Gasteiger charge is -2.33. The van der Waals surface area contributed by atoms with Crippen molar-refractivity contribution in [3.05, 3.63) is 29.3 Å². The van der Waals surface area contributed by atoms with Crippen LogP contribution in [0.3, 0.4) is 0 Å². The number of aliphatic carboxylic acids is 1. The summed E-state index contributed by atoms with van der Waals surface area (Å²) in [5.41, 5.74) is 1.88. The highest BCUT2D eigenvalue weighted by molar-refractivity contribution is 5.73. The van der Waals surface area contributed by atoms with Gasteiger partial charge in [-0.1, -0.05) is 24.1 Å². The molecular weight excluding hydrogens is 230 g/mol. The maximum atomic E-state index is 11.2. The lowest BCUT2D eigenvalue weighted by molar-refractivity contribution is -0.144. The van der Waals surface area contributed by atoms with Crippen LogP contribution in [0.1, 0.15) is 30.4 Å². The molecular formula is C14H19NO3. The Morgan fingerprint density at radius 3 is 2.94 bits per heavy atom. The monoisotopic (exact) mass is 249 g/mol. The third-order valence-electron chi connectivity index (χ3n) is 3.51. The number of benzene rings is 1. The van der Waals surface area contributed by atoms with Crippen molar-refractivity contribution in [1.82, 2.24) is 4.90 Å². The molecule has 98 valence electrons. The summed E-state index contributed by atoms with van der Waals surface area (Å²) in [5.74, 6) is -0.517. The number of nitrogens with zero attached hydrogens (tertiary/aromatic N) is 1. The van der Waals surface area contributed by atoms with Crippen LogP contribution in [0.4, 0.5) is 0 Å². The summed E-state index contributed by atoms with van der Waals surface area (Å²) in [6, 6.07) is 5.02. The van der Waals surface area contributed by atoms with Crippen LogP contribution < -0.4 is 0 Å². The maximum absolute atomic E-state index is 11.2. The van der Waals surface area contributed by atoms with E-state index in [1.54, 1.807) is 6.07 Å². The molecule has 0 aromatic heterocycles. The first-order valence-electron chi connectivity index (χ1n) is 6.33. The molecule has 1 aliphatic rings. The van der Waals surface area contributed by atoms with E-state index in [4.69, 9.17) is 0 Å². The summed E-state index contributed by atoms with van der Waals surface area (Å²) >= 11 is 0. The fraction of sp³-hybridized carbons (Fsp3) is 0.500. The normalized spacial score (nSPS) is 20.8. The van der Waals surface area contributed by atoms with E-state index in [1.165, 1.54) is 0 Å². The standard InChI is InChI=1S/C14H19NO3/c1-10-5-6-13(16)11(8-10)9-15-7-3-2-4-12(15)14(17)18/h5-6,8,12,16H,2-4,7,9H2,1H3,(H,17,18). The molecule has 1 atom stereocenters. The number of aromatic hydroxyl groups is 1. The molecule has 0 spiro atoms. The van der Waals surface area contributed by atoms with E-state index in [-0.39, 0.29) is 5.75 Å². The molecule has 0 bridgehead atoms. The Balaban J connectivity index is 2.15. The second-order valence-corrected chi connectivity index (χ2v) is 4.95. The summed E-state index contributed by atoms with van der Waals surface area (Å²) < 4.78 is 0. The third kappa shape index (κ3) is 2.82. The topological polar surface area (TPSA) is 60.8 Å². The lowest BCUT2D eigenvalue weighted by atomic mass is 10.0. The Labute approximate surface area is 107 Å². The maximum Gasteiger partial charge on any atom is 0.320 e. The van der Waals surface area contributed by atoms with Crippen molar-refractivity contribution in [3.63, 3.8) is 0 Å². The van der Waals surface area contributed by atoms with Gasteiger partial charge < -0.3 is 10.2 Å². The number of hydrogen-bond acceptors (Lipinski definition) is 3. The van der Waals surface area contributed by atoms with Gasteiger partial charge in [0.05, 0.1) is 0 Å². The van der Waals surface area contributed by atoms with E-state index in [0.29, 0.717) is 13.0 Å². The SMILES string of the molecule is Cc1ccc(O)c(CN2CCCCC2C(=O)O)c1. The van der Waals surface area contributed by atoms with Crippen molar-refractivity contribution in [3.8, 4) is 5.75 Å². The van der Waals surface area contributed by atoms with Crippen LogP contribution in [0.25, 0.3) is 0 Å². The zero-order valence-corrected chi connectivity index (χ0v) is 10.6. The molecule has 2 rings (SSSR count). The number of likely N-dealkylation sites (tertiary alicyclic amines) is 1. The second-order valence-electron chi connectivity index (χ2n) is 4.95. The van der Waals surface area contributed by atoms with Crippen LogP contribution in [0.2, 0.25) is 0 Å². The highest BCUT2D eigenvalue weighted by atomic mass is 16.4. The Bertz CT molecular complexity index is 445. The zero-order chi connectivity index (χ0) is 13.1. The predicted octanol–water partition coefficient (Wildman–Crippen LogP) is 2.14. The molecule has 18 heavy (non-hydrogen) atoms. The molecule has 1 aliphatic heterocycles. The number of rotatable bonds is 3. The highest BCUT2D eigenvalue weighted by Crippen LogP contribution is 2.24. The Kier molecular flexibility index (Phi) is 3.87. The molecule has 0 aliphatic carbocycles. The number of carboxylic acids is 1. The van der Waals surface area contributed by atoms with E-state index in [9.17, 15) is 15.0 Å². The number of piperidine rings is 1. The van der Waals surface area contributed by atoms with Crippen LogP contribution >= 0.6 is 0 Å². The van der Waals surface area contributed by atoms with Crippen molar-refractivity contribution < 1.29 is 15.0 Å². The fourth-order valence-electron chi connectivity index (χ4n) is 2.52. The summed E-state index contributed by atoms with van der Waals surface area (Å²) in [5, 5.41) is 19.0. The molecule has 0 amide bonds. The van der Waals surface area contributed by atoms with E-state index in [0.717, 1.165) is 30.5 Å². The summed E-state index contributed by atoms with van der Waals surface area (Å²) in [7, 11) is 0. The number of carbonyl (C=O) groups is 1. The van der Waals surface area contributed by atoms with E-state index >= 15 is 0 Å². The number of hydrogen-bond donors (Lipinski definition) is 2. The number of aryl methyl sites for hydroxylation is 1. The van der Waals surface area contributed by atoms with Crippen molar-refractivity contribution in [2.24, 2.45) is 0 Å². The zero-order valence-electron chi connectivity index (χ0n) is 10.6. The van der Waals surface area contributed by atoms with Crippen LogP contribution in [0.15, 0.2) is 18.2 Å². The minimum Gasteiger partial charge on any atom is -0.508 e. The van der Waals surface area contributed by atoms with E-state index < -0.39 is 12.0 Å². The summed E-state index contributed by atoms with van der Waals surface area (Å²) in [6.45, 7) is 3.25. The number of phenols is 1. The van der Waals surface area contributed by atoms with Gasteiger partial charge in [-0.15, -0.1) is 0 Å². The van der Waals surface area contributed by atoms with Gasteiger partial charge in [0.1, 0.15) is 11.8 Å². The Hall–Kier alpha value is -1.55. The number of carboxylic acid groups (broad SMARTS) is 1. The van der Waals surface area contributed by atoms with Gasteiger partial charge in [0, 0.05) is 12.1 Å². The van der Waals surface area contributed by atoms with Crippen molar-refractivity contribution in [1.29, 1.82) is 0 Å². The van der Waals surface area contributed by atoms with Gasteiger partial charge in [0.15, 0.2) is 0 Å². The molecule has 4 nitrogen and oxygen atoms in total. The summed E-state index contributed by atoms with van der Waals surface area (Å²) in [4.78, 5) is 13.1. The summed E-state index contributed by atoms with van der Waals surface area (Å²) in [6.07, 6.45) is 2.69. The average Bonchev–Trinajstić information content (AvgIpc) is 2.34. The molecule has 0 radical (unpaired) electrons. The smallest absolute Gasteiger partial charge is 0.320 e. The van der Waals surface area contributed by atoms with Crippen LogP contribution in [-0.4, -0.2) is 33.7 Å². The van der Waals surface area contributed by atoms with E-state index in [2.05, 4.69) is 0 Å². The quantitative estimate of drug-likeness (QED) is 0.861. The molecule has 0 saturated carbocycles. The third-order valence-corrected chi connectivity index (χ3v) is 3.51. The first-order valence-corrected chi connectivity index (χ1v) is 6.33. The average molecular weight is 249 g/mol. The molecule has 1 heterocycles. The van der Waals surface area contributed by atoms with E-state index in [1.807, 2.05) is 24.0 Å². The van der Waals surface area contributed by atoms with Crippen molar-refractivity contribution >= 4 is 5.97 Å². The van der Waals surface area contributed by atoms with Crippen molar-refractivity contribution in [2.75, 3.05) is 6.54 Å². The number of phenolic OH excluding ortho intramolecular Hbond substituents is 1. The molecule has 1 saturated heterocycles. The van der Waals surface area contributed by atoms with Crippen LogP contribution in [0.5, 0.6) is 5.75 Å². The van der Waals surface area contributed by atoms with Gasteiger partial charge in [-0.05, 0) is 32.4 Å². The Morgan fingerprint density at radius 2 is 2.22 bits per heavy atom.